The fraction of sp³-hybridized carbons (Fsp3) is 0.190. The normalized spacial score (nSPS) is 10.1. The molecule has 0 radical (unpaired) electrons. The van der Waals surface area contributed by atoms with Crippen molar-refractivity contribution < 1.29 is 4.74 Å². The quantitative estimate of drug-likeness (QED) is 0.662. The van der Waals surface area contributed by atoms with Gasteiger partial charge in [0, 0.05) is 18.3 Å². The van der Waals surface area contributed by atoms with Gasteiger partial charge in [0.25, 0.3) is 0 Å². The third-order valence-electron chi connectivity index (χ3n) is 3.98. The Kier molecular flexibility index (Phi) is 5.85. The molecule has 0 amide bonds. The summed E-state index contributed by atoms with van der Waals surface area (Å²) in [5, 5.41) is 15.6. The first-order valence-electron chi connectivity index (χ1n) is 8.66. The Morgan fingerprint density at radius 2 is 1.81 bits per heavy atom. The van der Waals surface area contributed by atoms with Crippen molar-refractivity contribution >= 4 is 17.3 Å². The van der Waals surface area contributed by atoms with E-state index < -0.39 is 0 Å². The number of ether oxygens (including phenoxy) is 1. The van der Waals surface area contributed by atoms with Crippen LogP contribution >= 0.6 is 0 Å². The third-order valence-corrected chi connectivity index (χ3v) is 3.98. The first-order chi connectivity index (χ1) is 13.2. The largest absolute Gasteiger partial charge is 0.497 e. The lowest BCUT2D eigenvalue weighted by molar-refractivity contribution is 0.414. The molecule has 0 saturated carbocycles. The molecule has 1 heterocycles. The molecule has 0 spiro atoms. The standard InChI is InChI=1S/C21H21N5O/c1-15-24-20(23-11-10-16-6-8-19(27-2)9-7-16)13-21(25-15)26-18-5-3-4-17(12-18)14-22/h3-9,12-13H,10-11H2,1-2H3,(H2,23,24,25,26). The predicted molar refractivity (Wildman–Crippen MR) is 106 cm³/mol. The van der Waals surface area contributed by atoms with Crippen molar-refractivity contribution in [2.75, 3.05) is 24.3 Å². The number of nitrogens with zero attached hydrogens (tertiary/aromatic N) is 3. The number of aromatic nitrogens is 2. The topological polar surface area (TPSA) is 82.9 Å². The molecule has 0 aliphatic heterocycles. The Morgan fingerprint density at radius 3 is 2.56 bits per heavy atom. The van der Waals surface area contributed by atoms with Crippen LogP contribution < -0.4 is 15.4 Å². The van der Waals surface area contributed by atoms with E-state index in [9.17, 15) is 0 Å². The van der Waals surface area contributed by atoms with Gasteiger partial charge in [-0.15, -0.1) is 0 Å². The summed E-state index contributed by atoms with van der Waals surface area (Å²) in [7, 11) is 1.66. The summed E-state index contributed by atoms with van der Waals surface area (Å²) in [6.45, 7) is 2.61. The van der Waals surface area contributed by atoms with Gasteiger partial charge in [-0.3, -0.25) is 0 Å². The summed E-state index contributed by atoms with van der Waals surface area (Å²) >= 11 is 0. The molecule has 27 heavy (non-hydrogen) atoms. The van der Waals surface area contributed by atoms with Crippen LogP contribution in [-0.4, -0.2) is 23.6 Å². The number of benzene rings is 2. The third kappa shape index (κ3) is 5.19. The first kappa shape index (κ1) is 18.2. The number of nitriles is 1. The molecule has 6 nitrogen and oxygen atoms in total. The van der Waals surface area contributed by atoms with Crippen molar-refractivity contribution in [3.63, 3.8) is 0 Å². The molecule has 0 unspecified atom stereocenters. The van der Waals surface area contributed by atoms with Crippen LogP contribution in [0.1, 0.15) is 17.0 Å². The van der Waals surface area contributed by atoms with Crippen LogP contribution in [0.25, 0.3) is 0 Å². The van der Waals surface area contributed by atoms with Gasteiger partial charge in [-0.1, -0.05) is 18.2 Å². The molecular weight excluding hydrogens is 338 g/mol. The summed E-state index contributed by atoms with van der Waals surface area (Å²) < 4.78 is 5.18. The predicted octanol–water partition coefficient (Wildman–Crippen LogP) is 4.06. The molecule has 2 N–H and O–H groups in total. The SMILES string of the molecule is COc1ccc(CCNc2cc(Nc3cccc(C#N)c3)nc(C)n2)cc1. The monoisotopic (exact) mass is 359 g/mol. The van der Waals surface area contributed by atoms with E-state index in [1.165, 1.54) is 5.56 Å². The highest BCUT2D eigenvalue weighted by Crippen LogP contribution is 2.18. The zero-order valence-electron chi connectivity index (χ0n) is 15.4. The maximum Gasteiger partial charge on any atom is 0.136 e. The van der Waals surface area contributed by atoms with Gasteiger partial charge in [0.2, 0.25) is 0 Å². The van der Waals surface area contributed by atoms with Crippen LogP contribution in [0.3, 0.4) is 0 Å². The molecule has 6 heteroatoms. The number of methoxy groups -OCH3 is 1. The minimum absolute atomic E-state index is 0.601. The van der Waals surface area contributed by atoms with Crippen molar-refractivity contribution in [1.82, 2.24) is 9.97 Å². The smallest absolute Gasteiger partial charge is 0.136 e. The van der Waals surface area contributed by atoms with Gasteiger partial charge in [0.05, 0.1) is 18.7 Å². The number of aryl methyl sites for hydroxylation is 1. The van der Waals surface area contributed by atoms with Gasteiger partial charge >= 0.3 is 0 Å². The van der Waals surface area contributed by atoms with Gasteiger partial charge in [-0.25, -0.2) is 9.97 Å². The Bertz CT molecular complexity index is 948. The van der Waals surface area contributed by atoms with Crippen LogP contribution in [0.4, 0.5) is 17.3 Å². The highest BCUT2D eigenvalue weighted by Gasteiger charge is 2.04. The van der Waals surface area contributed by atoms with E-state index in [0.717, 1.165) is 30.2 Å². The van der Waals surface area contributed by atoms with E-state index in [1.807, 2.05) is 37.3 Å². The van der Waals surface area contributed by atoms with Crippen molar-refractivity contribution in [3.05, 3.63) is 71.5 Å². The average molecular weight is 359 g/mol. The van der Waals surface area contributed by atoms with Crippen molar-refractivity contribution in [3.8, 4) is 11.8 Å². The molecule has 136 valence electrons. The van der Waals surface area contributed by atoms with E-state index in [-0.39, 0.29) is 0 Å². The summed E-state index contributed by atoms with van der Waals surface area (Å²) in [5.74, 6) is 2.97. The number of anilines is 3. The number of hydrogen-bond donors (Lipinski definition) is 2. The zero-order chi connectivity index (χ0) is 19.1. The van der Waals surface area contributed by atoms with Gasteiger partial charge < -0.3 is 15.4 Å². The van der Waals surface area contributed by atoms with Crippen LogP contribution in [0, 0.1) is 18.3 Å². The van der Waals surface area contributed by atoms with Crippen LogP contribution in [-0.2, 0) is 6.42 Å². The lowest BCUT2D eigenvalue weighted by Crippen LogP contribution is -2.08. The van der Waals surface area contributed by atoms with E-state index in [4.69, 9.17) is 10.00 Å². The van der Waals surface area contributed by atoms with Crippen LogP contribution in [0.15, 0.2) is 54.6 Å². The molecule has 0 aliphatic carbocycles. The first-order valence-corrected chi connectivity index (χ1v) is 8.66. The Balaban J connectivity index is 1.63. The lowest BCUT2D eigenvalue weighted by atomic mass is 10.1. The number of hydrogen-bond acceptors (Lipinski definition) is 6. The van der Waals surface area contributed by atoms with Gasteiger partial charge in [0.1, 0.15) is 23.2 Å². The maximum atomic E-state index is 9.02. The molecule has 0 aliphatic rings. The maximum absolute atomic E-state index is 9.02. The second kappa shape index (κ2) is 8.68. The average Bonchev–Trinajstić information content (AvgIpc) is 2.68. The van der Waals surface area contributed by atoms with Gasteiger partial charge in [-0.2, -0.15) is 5.26 Å². The molecule has 0 saturated heterocycles. The Morgan fingerprint density at radius 1 is 1.04 bits per heavy atom. The van der Waals surface area contributed by atoms with Crippen molar-refractivity contribution in [2.45, 2.75) is 13.3 Å². The summed E-state index contributed by atoms with van der Waals surface area (Å²) in [6.07, 6.45) is 0.875. The second-order valence-electron chi connectivity index (χ2n) is 6.03. The summed E-state index contributed by atoms with van der Waals surface area (Å²) in [4.78, 5) is 8.84. The van der Waals surface area contributed by atoms with E-state index in [2.05, 4.69) is 38.8 Å². The van der Waals surface area contributed by atoms with E-state index in [1.54, 1.807) is 19.2 Å². The summed E-state index contributed by atoms with van der Waals surface area (Å²) in [5.41, 5.74) is 2.64. The summed E-state index contributed by atoms with van der Waals surface area (Å²) in [6, 6.07) is 19.3. The molecular formula is C21H21N5O. The van der Waals surface area contributed by atoms with Gasteiger partial charge in [0.15, 0.2) is 0 Å². The van der Waals surface area contributed by atoms with E-state index >= 15 is 0 Å². The minimum atomic E-state index is 0.601. The highest BCUT2D eigenvalue weighted by molar-refractivity contribution is 5.61. The Labute approximate surface area is 158 Å². The lowest BCUT2D eigenvalue weighted by Gasteiger charge is -2.11. The second-order valence-corrected chi connectivity index (χ2v) is 6.03. The fourth-order valence-corrected chi connectivity index (χ4v) is 2.66. The van der Waals surface area contributed by atoms with Crippen molar-refractivity contribution in [1.29, 1.82) is 5.26 Å². The van der Waals surface area contributed by atoms with Gasteiger partial charge in [-0.05, 0) is 49.2 Å². The zero-order valence-corrected chi connectivity index (χ0v) is 15.4. The van der Waals surface area contributed by atoms with Crippen LogP contribution in [0.5, 0.6) is 5.75 Å². The molecule has 1 aromatic heterocycles. The van der Waals surface area contributed by atoms with E-state index in [0.29, 0.717) is 17.2 Å². The number of rotatable bonds is 7. The molecule has 0 atom stereocenters. The fourth-order valence-electron chi connectivity index (χ4n) is 2.66. The number of nitrogens with one attached hydrogen (secondary N) is 2. The molecule has 3 aromatic rings. The minimum Gasteiger partial charge on any atom is -0.497 e. The molecule has 0 fully saturated rings. The van der Waals surface area contributed by atoms with Crippen molar-refractivity contribution in [2.24, 2.45) is 0 Å². The highest BCUT2D eigenvalue weighted by atomic mass is 16.5. The molecule has 0 bridgehead atoms. The molecule has 3 rings (SSSR count). The molecule has 2 aromatic carbocycles. The van der Waals surface area contributed by atoms with Crippen LogP contribution in [0.2, 0.25) is 0 Å². The Hall–Kier alpha value is -3.59.